The molecule has 2 aromatic rings. The van der Waals surface area contributed by atoms with E-state index in [-0.39, 0.29) is 0 Å². The number of hydroxylamine groups is 2. The van der Waals surface area contributed by atoms with E-state index in [0.29, 0.717) is 24.7 Å². The summed E-state index contributed by atoms with van der Waals surface area (Å²) < 4.78 is 7.68. The zero-order valence-corrected chi connectivity index (χ0v) is 9.41. The van der Waals surface area contributed by atoms with E-state index in [0.717, 1.165) is 11.4 Å². The maximum absolute atomic E-state index is 11.2. The molecule has 0 aromatic carbocycles. The predicted octanol–water partition coefficient (Wildman–Crippen LogP) is -0.521. The van der Waals surface area contributed by atoms with Gasteiger partial charge in [-0.3, -0.25) is 9.09 Å². The summed E-state index contributed by atoms with van der Waals surface area (Å²) in [4.78, 5) is 15.6. The number of rotatable bonds is 1. The number of hydrogen-bond donors (Lipinski definition) is 1. The third-order valence-electron chi connectivity index (χ3n) is 2.96. The Kier molecular flexibility index (Phi) is 1.98. The van der Waals surface area contributed by atoms with Crippen molar-refractivity contribution in [3.8, 4) is 11.6 Å². The van der Waals surface area contributed by atoms with Crippen LogP contribution in [0.5, 0.6) is 0 Å². The molecule has 0 aliphatic carbocycles. The Hall–Kier alpha value is -1.93. The average molecular weight is 237 g/mol. The van der Waals surface area contributed by atoms with Gasteiger partial charge in [0.1, 0.15) is 0 Å². The molecule has 0 saturated carbocycles. The molecule has 0 bridgehead atoms. The van der Waals surface area contributed by atoms with E-state index >= 15 is 0 Å². The molecular weight excluding hydrogens is 226 g/mol. The molecule has 0 spiro atoms. The minimum atomic E-state index is -0.521. The minimum Gasteiger partial charge on any atom is -0.327 e. The van der Waals surface area contributed by atoms with Crippen molar-refractivity contribution in [2.24, 2.45) is 14.1 Å². The fourth-order valence-corrected chi connectivity index (χ4v) is 2.00. The first-order valence-corrected chi connectivity index (χ1v) is 5.09. The van der Waals surface area contributed by atoms with Crippen LogP contribution in [0.4, 0.5) is 0 Å². The first-order chi connectivity index (χ1) is 8.08. The van der Waals surface area contributed by atoms with Crippen molar-refractivity contribution in [3.63, 3.8) is 0 Å². The van der Waals surface area contributed by atoms with Gasteiger partial charge in [0.2, 0.25) is 5.82 Å². The van der Waals surface area contributed by atoms with Gasteiger partial charge in [-0.15, -0.1) is 0 Å². The molecule has 0 unspecified atom stereocenters. The van der Waals surface area contributed by atoms with Crippen LogP contribution in [0.1, 0.15) is 11.4 Å². The molecule has 1 aliphatic heterocycles. The SMILES string of the molecule is Cn1c(-c2noc(=O)n2C)nc2c1CN(O)C2. The van der Waals surface area contributed by atoms with Gasteiger partial charge in [0.05, 0.1) is 24.5 Å². The van der Waals surface area contributed by atoms with Gasteiger partial charge in [0.25, 0.3) is 0 Å². The van der Waals surface area contributed by atoms with Crippen LogP contribution in [-0.2, 0) is 27.2 Å². The molecule has 2 aromatic heterocycles. The highest BCUT2D eigenvalue weighted by Crippen LogP contribution is 2.25. The third-order valence-corrected chi connectivity index (χ3v) is 2.96. The maximum atomic E-state index is 11.2. The van der Waals surface area contributed by atoms with Gasteiger partial charge in [-0.2, -0.15) is 5.06 Å². The van der Waals surface area contributed by atoms with Crippen LogP contribution < -0.4 is 5.76 Å². The van der Waals surface area contributed by atoms with Gasteiger partial charge in [0.15, 0.2) is 5.82 Å². The van der Waals surface area contributed by atoms with Crippen molar-refractivity contribution in [1.29, 1.82) is 0 Å². The highest BCUT2D eigenvalue weighted by Gasteiger charge is 2.27. The molecule has 0 atom stereocenters. The molecule has 8 heteroatoms. The summed E-state index contributed by atoms with van der Waals surface area (Å²) in [7, 11) is 3.39. The molecule has 1 aliphatic rings. The molecule has 0 saturated heterocycles. The quantitative estimate of drug-likeness (QED) is 0.717. The summed E-state index contributed by atoms with van der Waals surface area (Å²) in [6.45, 7) is 0.805. The van der Waals surface area contributed by atoms with E-state index in [9.17, 15) is 10.0 Å². The Bertz CT molecular complexity index is 638. The van der Waals surface area contributed by atoms with Crippen molar-refractivity contribution in [1.82, 2.24) is 24.3 Å². The number of fused-ring (bicyclic) bond motifs is 1. The van der Waals surface area contributed by atoms with Crippen LogP contribution in [-0.4, -0.2) is 29.5 Å². The fraction of sp³-hybridized carbons (Fsp3) is 0.444. The Balaban J connectivity index is 2.15. The molecule has 17 heavy (non-hydrogen) atoms. The zero-order chi connectivity index (χ0) is 12.2. The number of nitrogens with zero attached hydrogens (tertiary/aromatic N) is 5. The molecule has 0 radical (unpaired) electrons. The first kappa shape index (κ1) is 10.2. The second-order valence-corrected chi connectivity index (χ2v) is 4.04. The van der Waals surface area contributed by atoms with Gasteiger partial charge >= 0.3 is 5.76 Å². The largest absolute Gasteiger partial charge is 0.441 e. The lowest BCUT2D eigenvalue weighted by molar-refractivity contribution is -0.0984. The summed E-state index contributed by atoms with van der Waals surface area (Å²) in [5, 5.41) is 14.3. The minimum absolute atomic E-state index is 0.384. The van der Waals surface area contributed by atoms with E-state index in [1.54, 1.807) is 7.05 Å². The topological polar surface area (TPSA) is 89.3 Å². The lowest BCUT2D eigenvalue weighted by Crippen LogP contribution is -2.14. The summed E-state index contributed by atoms with van der Waals surface area (Å²) in [6, 6.07) is 0. The molecular formula is C9H11N5O3. The lowest BCUT2D eigenvalue weighted by atomic mass is 10.4. The second kappa shape index (κ2) is 3.28. The normalized spacial score (nSPS) is 15.5. The van der Waals surface area contributed by atoms with Crippen molar-refractivity contribution in [2.45, 2.75) is 13.1 Å². The van der Waals surface area contributed by atoms with Crippen molar-refractivity contribution >= 4 is 0 Å². The van der Waals surface area contributed by atoms with Crippen LogP contribution in [0.25, 0.3) is 11.6 Å². The Morgan fingerprint density at radius 3 is 2.59 bits per heavy atom. The zero-order valence-electron chi connectivity index (χ0n) is 9.41. The summed E-state index contributed by atoms with van der Waals surface area (Å²) in [5.41, 5.74) is 1.71. The van der Waals surface area contributed by atoms with Crippen LogP contribution in [0.3, 0.4) is 0 Å². The van der Waals surface area contributed by atoms with Crippen LogP contribution in [0, 0.1) is 0 Å². The van der Waals surface area contributed by atoms with Crippen molar-refractivity contribution in [2.75, 3.05) is 0 Å². The van der Waals surface area contributed by atoms with Crippen LogP contribution >= 0.6 is 0 Å². The van der Waals surface area contributed by atoms with Gasteiger partial charge < -0.3 is 9.77 Å². The summed E-state index contributed by atoms with van der Waals surface area (Å²) in [5.74, 6) is 0.430. The Morgan fingerprint density at radius 1 is 1.24 bits per heavy atom. The molecule has 8 nitrogen and oxygen atoms in total. The predicted molar refractivity (Wildman–Crippen MR) is 55.0 cm³/mol. The smallest absolute Gasteiger partial charge is 0.327 e. The molecule has 1 N–H and O–H groups in total. The van der Waals surface area contributed by atoms with Crippen LogP contribution in [0.15, 0.2) is 9.32 Å². The standard InChI is InChI=1S/C9H11N5O3/c1-12-6-4-14(16)3-5(6)10-7(12)8-11-17-9(15)13(8)2/h16H,3-4H2,1-2H3. The molecule has 3 heterocycles. The van der Waals surface area contributed by atoms with Crippen LogP contribution in [0.2, 0.25) is 0 Å². The Labute approximate surface area is 95.6 Å². The molecule has 0 amide bonds. The monoisotopic (exact) mass is 237 g/mol. The maximum Gasteiger partial charge on any atom is 0.441 e. The van der Waals surface area contributed by atoms with Crippen molar-refractivity contribution in [3.05, 3.63) is 21.9 Å². The molecule has 3 rings (SSSR count). The van der Waals surface area contributed by atoms with E-state index < -0.39 is 5.76 Å². The van der Waals surface area contributed by atoms with Gasteiger partial charge in [-0.1, -0.05) is 5.16 Å². The van der Waals surface area contributed by atoms with Gasteiger partial charge in [0, 0.05) is 14.1 Å². The second-order valence-electron chi connectivity index (χ2n) is 4.04. The number of imidazole rings is 1. The summed E-state index contributed by atoms with van der Waals surface area (Å²) in [6.07, 6.45) is 0. The summed E-state index contributed by atoms with van der Waals surface area (Å²) >= 11 is 0. The Morgan fingerprint density at radius 2 is 2.00 bits per heavy atom. The average Bonchev–Trinajstić information content (AvgIpc) is 2.88. The third kappa shape index (κ3) is 1.34. The highest BCUT2D eigenvalue weighted by molar-refractivity contribution is 5.46. The molecule has 90 valence electrons. The van der Waals surface area contributed by atoms with Crippen molar-refractivity contribution < 1.29 is 9.73 Å². The van der Waals surface area contributed by atoms with Gasteiger partial charge in [-0.05, 0) is 0 Å². The fourth-order valence-electron chi connectivity index (χ4n) is 2.00. The van der Waals surface area contributed by atoms with E-state index in [2.05, 4.69) is 14.7 Å². The van der Waals surface area contributed by atoms with E-state index in [1.165, 1.54) is 9.63 Å². The lowest BCUT2D eigenvalue weighted by Gasteiger charge is -2.06. The van der Waals surface area contributed by atoms with E-state index in [1.807, 2.05) is 11.6 Å². The number of aromatic nitrogens is 4. The molecule has 0 fully saturated rings. The highest BCUT2D eigenvalue weighted by atomic mass is 16.5. The first-order valence-electron chi connectivity index (χ1n) is 5.09. The van der Waals surface area contributed by atoms with Gasteiger partial charge in [-0.25, -0.2) is 9.78 Å². The number of hydrogen-bond acceptors (Lipinski definition) is 6. The van der Waals surface area contributed by atoms with E-state index in [4.69, 9.17) is 0 Å².